The molecule has 3 rings (SSSR count). The van der Waals surface area contributed by atoms with Crippen LogP contribution in [0.2, 0.25) is 0 Å². The zero-order valence-electron chi connectivity index (χ0n) is 14.3. The van der Waals surface area contributed by atoms with Crippen molar-refractivity contribution >= 4 is 15.7 Å². The van der Waals surface area contributed by atoms with Gasteiger partial charge in [-0.1, -0.05) is 12.1 Å². The van der Waals surface area contributed by atoms with Crippen molar-refractivity contribution in [2.24, 2.45) is 0 Å². The van der Waals surface area contributed by atoms with Crippen molar-refractivity contribution in [3.63, 3.8) is 0 Å². The van der Waals surface area contributed by atoms with E-state index in [1.54, 1.807) is 19.2 Å². The first-order valence-electron chi connectivity index (χ1n) is 8.15. The molecule has 0 bridgehead atoms. The van der Waals surface area contributed by atoms with Gasteiger partial charge in [-0.2, -0.15) is 0 Å². The summed E-state index contributed by atoms with van der Waals surface area (Å²) in [6.07, 6.45) is 3.02. The maximum atomic E-state index is 12.9. The highest BCUT2D eigenvalue weighted by Gasteiger charge is 2.30. The molecule has 0 radical (unpaired) electrons. The molecule has 1 fully saturated rings. The zero-order chi connectivity index (χ0) is 18.0. The van der Waals surface area contributed by atoms with Gasteiger partial charge in [0.05, 0.1) is 18.0 Å². The number of likely N-dealkylation sites (tertiary alicyclic amines) is 1. The minimum atomic E-state index is -3.26. The highest BCUT2D eigenvalue weighted by Crippen LogP contribution is 2.34. The Morgan fingerprint density at radius 1 is 1.08 bits per heavy atom. The molecule has 5 nitrogen and oxygen atoms in total. The van der Waals surface area contributed by atoms with Gasteiger partial charge >= 0.3 is 0 Å². The van der Waals surface area contributed by atoms with Gasteiger partial charge in [0.25, 0.3) is 5.91 Å². The second-order valence-corrected chi connectivity index (χ2v) is 8.24. The van der Waals surface area contributed by atoms with Crippen LogP contribution in [0.5, 0.6) is 5.75 Å². The van der Waals surface area contributed by atoms with Crippen LogP contribution in [0.1, 0.15) is 34.8 Å². The van der Waals surface area contributed by atoms with Gasteiger partial charge in [0, 0.05) is 18.4 Å². The first kappa shape index (κ1) is 17.5. The molecule has 25 heavy (non-hydrogen) atoms. The van der Waals surface area contributed by atoms with Gasteiger partial charge in [0.2, 0.25) is 0 Å². The van der Waals surface area contributed by atoms with Crippen molar-refractivity contribution < 1.29 is 17.9 Å². The molecule has 6 heteroatoms. The summed E-state index contributed by atoms with van der Waals surface area (Å²) in [7, 11) is -1.64. The number of methoxy groups -OCH3 is 1. The lowest BCUT2D eigenvalue weighted by atomic mass is 10.0. The molecule has 0 saturated carbocycles. The number of carbonyl (C=O) groups excluding carboxylic acids is 1. The Morgan fingerprint density at radius 3 is 2.28 bits per heavy atom. The zero-order valence-corrected chi connectivity index (χ0v) is 15.1. The first-order chi connectivity index (χ1) is 11.9. The summed E-state index contributed by atoms with van der Waals surface area (Å²) in [5.41, 5.74) is 1.59. The third-order valence-corrected chi connectivity index (χ3v) is 5.67. The standard InChI is InChI=1S/C19H21NO4S/c1-24-16-9-5-14(6-10-16)18-4-3-13-20(18)19(21)15-7-11-17(12-8-15)25(2,22)23/h5-12,18H,3-4,13H2,1-2H3/t18-/m1/s1. The maximum absolute atomic E-state index is 12.9. The summed E-state index contributed by atoms with van der Waals surface area (Å²) in [6, 6.07) is 14.0. The number of amides is 1. The molecule has 1 aliphatic rings. The molecule has 0 N–H and O–H groups in total. The van der Waals surface area contributed by atoms with Crippen LogP contribution in [0.15, 0.2) is 53.4 Å². The summed E-state index contributed by atoms with van der Waals surface area (Å²) in [4.78, 5) is 14.9. The Balaban J connectivity index is 1.82. The molecule has 0 spiro atoms. The quantitative estimate of drug-likeness (QED) is 0.842. The fraction of sp³-hybridized carbons (Fsp3) is 0.316. The average molecular weight is 359 g/mol. The van der Waals surface area contributed by atoms with Crippen LogP contribution in [0.25, 0.3) is 0 Å². The third kappa shape index (κ3) is 3.69. The van der Waals surface area contributed by atoms with Crippen LogP contribution < -0.4 is 4.74 Å². The highest BCUT2D eigenvalue weighted by molar-refractivity contribution is 7.90. The van der Waals surface area contributed by atoms with Gasteiger partial charge in [-0.25, -0.2) is 8.42 Å². The fourth-order valence-corrected chi connectivity index (χ4v) is 3.82. The molecule has 132 valence electrons. The van der Waals surface area contributed by atoms with E-state index in [4.69, 9.17) is 4.74 Å². The van der Waals surface area contributed by atoms with E-state index in [-0.39, 0.29) is 16.8 Å². The van der Waals surface area contributed by atoms with Crippen LogP contribution in [0.4, 0.5) is 0 Å². The molecule has 0 aromatic heterocycles. The Hall–Kier alpha value is -2.34. The molecule has 1 atom stereocenters. The number of nitrogens with zero attached hydrogens (tertiary/aromatic N) is 1. The Kier molecular flexibility index (Phi) is 4.81. The number of sulfone groups is 1. The smallest absolute Gasteiger partial charge is 0.254 e. The summed E-state index contributed by atoms with van der Waals surface area (Å²) in [6.45, 7) is 0.698. The number of hydrogen-bond donors (Lipinski definition) is 0. The van der Waals surface area contributed by atoms with E-state index in [0.29, 0.717) is 12.1 Å². The van der Waals surface area contributed by atoms with Crippen molar-refractivity contribution in [1.29, 1.82) is 0 Å². The lowest BCUT2D eigenvalue weighted by Gasteiger charge is -2.25. The van der Waals surface area contributed by atoms with Crippen LogP contribution in [-0.2, 0) is 9.84 Å². The van der Waals surface area contributed by atoms with E-state index >= 15 is 0 Å². The van der Waals surface area contributed by atoms with Crippen molar-refractivity contribution in [2.75, 3.05) is 19.9 Å². The van der Waals surface area contributed by atoms with Crippen LogP contribution in [-0.4, -0.2) is 39.1 Å². The topological polar surface area (TPSA) is 63.7 Å². The van der Waals surface area contributed by atoms with Crippen LogP contribution in [0, 0.1) is 0 Å². The van der Waals surface area contributed by atoms with Gasteiger partial charge in [-0.05, 0) is 54.8 Å². The first-order valence-corrected chi connectivity index (χ1v) is 10.0. The van der Waals surface area contributed by atoms with E-state index in [0.717, 1.165) is 30.4 Å². The lowest BCUT2D eigenvalue weighted by molar-refractivity contribution is 0.0735. The van der Waals surface area contributed by atoms with Gasteiger partial charge in [-0.15, -0.1) is 0 Å². The number of rotatable bonds is 4. The number of carbonyl (C=O) groups is 1. The molecule has 2 aromatic carbocycles. The normalized spacial score (nSPS) is 17.5. The molecule has 2 aromatic rings. The Bertz CT molecular complexity index is 857. The van der Waals surface area contributed by atoms with E-state index in [1.807, 2.05) is 29.2 Å². The molecule has 1 amide bonds. The second kappa shape index (κ2) is 6.88. The lowest BCUT2D eigenvalue weighted by Crippen LogP contribution is -2.30. The highest BCUT2D eigenvalue weighted by atomic mass is 32.2. The van der Waals surface area contributed by atoms with Crippen molar-refractivity contribution in [3.05, 3.63) is 59.7 Å². The Morgan fingerprint density at radius 2 is 1.72 bits per heavy atom. The molecule has 1 heterocycles. The summed E-state index contributed by atoms with van der Waals surface area (Å²) >= 11 is 0. The van der Waals surface area contributed by atoms with E-state index in [2.05, 4.69) is 0 Å². The minimum Gasteiger partial charge on any atom is -0.497 e. The van der Waals surface area contributed by atoms with Crippen LogP contribution >= 0.6 is 0 Å². The predicted molar refractivity (Wildman–Crippen MR) is 95.6 cm³/mol. The van der Waals surface area contributed by atoms with Crippen molar-refractivity contribution in [2.45, 2.75) is 23.8 Å². The summed E-state index contributed by atoms with van der Waals surface area (Å²) in [5.74, 6) is 0.717. The molecule has 0 aliphatic carbocycles. The van der Waals surface area contributed by atoms with Crippen molar-refractivity contribution in [1.82, 2.24) is 4.90 Å². The number of benzene rings is 2. The predicted octanol–water partition coefficient (Wildman–Crippen LogP) is 3.08. The second-order valence-electron chi connectivity index (χ2n) is 6.23. The monoisotopic (exact) mass is 359 g/mol. The molecule has 0 unspecified atom stereocenters. The Labute approximate surface area is 148 Å². The third-order valence-electron chi connectivity index (χ3n) is 4.54. The maximum Gasteiger partial charge on any atom is 0.254 e. The molecular formula is C19H21NO4S. The van der Waals surface area contributed by atoms with Crippen molar-refractivity contribution in [3.8, 4) is 5.75 Å². The molecular weight excluding hydrogens is 338 g/mol. The number of hydrogen-bond acceptors (Lipinski definition) is 4. The van der Waals surface area contributed by atoms with Crippen LogP contribution in [0.3, 0.4) is 0 Å². The summed E-state index contributed by atoms with van der Waals surface area (Å²) in [5, 5.41) is 0. The minimum absolute atomic E-state index is 0.0352. The molecule has 1 saturated heterocycles. The van der Waals surface area contributed by atoms with Gasteiger partial charge < -0.3 is 9.64 Å². The number of ether oxygens (including phenoxy) is 1. The molecule has 1 aliphatic heterocycles. The summed E-state index contributed by atoms with van der Waals surface area (Å²) < 4.78 is 28.3. The largest absolute Gasteiger partial charge is 0.497 e. The average Bonchev–Trinajstić information content (AvgIpc) is 3.10. The fourth-order valence-electron chi connectivity index (χ4n) is 3.19. The van der Waals surface area contributed by atoms with Gasteiger partial charge in [0.1, 0.15) is 5.75 Å². The van der Waals surface area contributed by atoms with Gasteiger partial charge in [-0.3, -0.25) is 4.79 Å². The van der Waals surface area contributed by atoms with E-state index in [1.165, 1.54) is 12.1 Å². The van der Waals surface area contributed by atoms with E-state index < -0.39 is 9.84 Å². The van der Waals surface area contributed by atoms with E-state index in [9.17, 15) is 13.2 Å². The SMILES string of the molecule is COc1ccc([C@H]2CCCN2C(=O)c2ccc(S(C)(=O)=O)cc2)cc1. The van der Waals surface area contributed by atoms with Gasteiger partial charge in [0.15, 0.2) is 9.84 Å².